The Labute approximate surface area is 186 Å². The molecule has 9 heteroatoms. The second-order valence-electron chi connectivity index (χ2n) is 7.69. The van der Waals surface area contributed by atoms with Gasteiger partial charge in [-0.05, 0) is 63.6 Å². The molecule has 0 saturated carbocycles. The van der Waals surface area contributed by atoms with Crippen molar-refractivity contribution >= 4 is 45.0 Å². The number of carbonyl (C=O) groups excluding carboxylic acids is 2. The van der Waals surface area contributed by atoms with Gasteiger partial charge in [0, 0.05) is 24.2 Å². The van der Waals surface area contributed by atoms with Crippen molar-refractivity contribution in [1.82, 2.24) is 9.21 Å². The van der Waals surface area contributed by atoms with Gasteiger partial charge in [-0.25, -0.2) is 12.7 Å². The topological polar surface area (TPSA) is 74.8 Å². The largest absolute Gasteiger partial charge is 0.332 e. The minimum atomic E-state index is -3.99. The number of hydrogen-bond acceptors (Lipinski definition) is 4. The second-order valence-corrected chi connectivity index (χ2v) is 10.3. The lowest BCUT2D eigenvalue weighted by atomic mass is 10.1. The van der Waals surface area contributed by atoms with Crippen LogP contribution in [0.2, 0.25) is 10.0 Å². The van der Waals surface area contributed by atoms with Crippen molar-refractivity contribution in [3.05, 3.63) is 63.1 Å². The number of rotatable bonds is 5. The fourth-order valence-corrected chi connectivity index (χ4v) is 5.49. The van der Waals surface area contributed by atoms with Gasteiger partial charge in [-0.1, -0.05) is 29.3 Å². The molecule has 0 aliphatic carbocycles. The van der Waals surface area contributed by atoms with E-state index in [1.807, 2.05) is 13.8 Å². The van der Waals surface area contributed by atoms with Gasteiger partial charge in [0.1, 0.15) is 4.90 Å². The standard InChI is InChI=1S/C21H22Cl2N2O4S/c1-12(2)24(11-14-5-8-17(22)18(23)9-14)20(26)15-6-7-16-19(10-15)30(28,29)25(13(3)4)21(16)27/h5-10,12-13H,11H2,1-4H3. The molecular formula is C21H22Cl2N2O4S. The van der Waals surface area contributed by atoms with Crippen LogP contribution in [-0.2, 0) is 16.6 Å². The maximum atomic E-state index is 13.2. The summed E-state index contributed by atoms with van der Waals surface area (Å²) in [5, 5.41) is 0.812. The van der Waals surface area contributed by atoms with Crippen molar-refractivity contribution in [1.29, 1.82) is 0 Å². The maximum Gasteiger partial charge on any atom is 0.269 e. The van der Waals surface area contributed by atoms with Gasteiger partial charge >= 0.3 is 0 Å². The zero-order chi connectivity index (χ0) is 22.4. The quantitative estimate of drug-likeness (QED) is 0.642. The molecule has 0 bridgehead atoms. The predicted octanol–water partition coefficient (Wildman–Crippen LogP) is 4.60. The van der Waals surface area contributed by atoms with Gasteiger partial charge in [-0.3, -0.25) is 9.59 Å². The van der Waals surface area contributed by atoms with Crippen LogP contribution in [0.3, 0.4) is 0 Å². The number of sulfonamides is 1. The minimum Gasteiger partial charge on any atom is -0.332 e. The molecule has 2 amide bonds. The van der Waals surface area contributed by atoms with Gasteiger partial charge in [0.15, 0.2) is 0 Å². The van der Waals surface area contributed by atoms with E-state index in [4.69, 9.17) is 23.2 Å². The van der Waals surface area contributed by atoms with Gasteiger partial charge in [-0.15, -0.1) is 0 Å². The number of amides is 2. The third kappa shape index (κ3) is 3.94. The van der Waals surface area contributed by atoms with E-state index < -0.39 is 22.0 Å². The molecule has 1 aliphatic heterocycles. The molecule has 1 heterocycles. The fourth-order valence-electron chi connectivity index (χ4n) is 3.38. The molecule has 0 N–H and O–H groups in total. The molecule has 0 atom stereocenters. The van der Waals surface area contributed by atoms with Crippen molar-refractivity contribution in [2.24, 2.45) is 0 Å². The highest BCUT2D eigenvalue weighted by molar-refractivity contribution is 7.90. The first-order chi connectivity index (χ1) is 13.9. The average molecular weight is 469 g/mol. The Morgan fingerprint density at radius 1 is 1.03 bits per heavy atom. The van der Waals surface area contributed by atoms with Crippen molar-refractivity contribution < 1.29 is 18.0 Å². The van der Waals surface area contributed by atoms with Gasteiger partial charge in [-0.2, -0.15) is 0 Å². The van der Waals surface area contributed by atoms with E-state index in [1.165, 1.54) is 18.2 Å². The lowest BCUT2D eigenvalue weighted by molar-refractivity contribution is 0.0689. The van der Waals surface area contributed by atoms with E-state index in [0.717, 1.165) is 9.87 Å². The summed E-state index contributed by atoms with van der Waals surface area (Å²) in [7, 11) is -3.99. The molecule has 30 heavy (non-hydrogen) atoms. The molecular weight excluding hydrogens is 447 g/mol. The molecule has 3 rings (SSSR count). The van der Waals surface area contributed by atoms with E-state index in [2.05, 4.69) is 0 Å². The number of benzene rings is 2. The van der Waals surface area contributed by atoms with Gasteiger partial charge in [0.25, 0.3) is 21.8 Å². The third-order valence-electron chi connectivity index (χ3n) is 4.89. The van der Waals surface area contributed by atoms with Crippen molar-refractivity contribution in [3.8, 4) is 0 Å². The van der Waals surface area contributed by atoms with Crippen LogP contribution >= 0.6 is 23.2 Å². The number of halogens is 2. The summed E-state index contributed by atoms with van der Waals surface area (Å²) in [4.78, 5) is 27.2. The van der Waals surface area contributed by atoms with Crippen LogP contribution < -0.4 is 0 Å². The summed E-state index contributed by atoms with van der Waals surface area (Å²) in [5.41, 5.74) is 1.08. The highest BCUT2D eigenvalue weighted by atomic mass is 35.5. The molecule has 160 valence electrons. The van der Waals surface area contributed by atoms with E-state index in [1.54, 1.807) is 36.9 Å². The Morgan fingerprint density at radius 3 is 2.27 bits per heavy atom. The molecule has 2 aromatic carbocycles. The Kier molecular flexibility index (Phi) is 6.18. The van der Waals surface area contributed by atoms with Crippen LogP contribution in [0.25, 0.3) is 0 Å². The lowest BCUT2D eigenvalue weighted by Gasteiger charge is -2.27. The number of carbonyl (C=O) groups is 2. The molecule has 0 saturated heterocycles. The van der Waals surface area contributed by atoms with Crippen LogP contribution in [0, 0.1) is 0 Å². The van der Waals surface area contributed by atoms with Crippen molar-refractivity contribution in [2.75, 3.05) is 0 Å². The van der Waals surface area contributed by atoms with Crippen LogP contribution in [0.15, 0.2) is 41.3 Å². The normalized spacial score (nSPS) is 15.1. The highest BCUT2D eigenvalue weighted by Gasteiger charge is 2.43. The first-order valence-electron chi connectivity index (χ1n) is 9.43. The SMILES string of the molecule is CC(C)N(Cc1ccc(Cl)c(Cl)c1)C(=O)c1ccc2c(c1)S(=O)(=O)N(C(C)C)C2=O. The smallest absolute Gasteiger partial charge is 0.269 e. The first kappa shape index (κ1) is 22.6. The van der Waals surface area contributed by atoms with Crippen LogP contribution in [0.4, 0.5) is 0 Å². The van der Waals surface area contributed by atoms with Crippen LogP contribution in [0.5, 0.6) is 0 Å². The highest BCUT2D eigenvalue weighted by Crippen LogP contribution is 2.33. The molecule has 0 aromatic heterocycles. The molecule has 0 spiro atoms. The van der Waals surface area contributed by atoms with Crippen molar-refractivity contribution in [2.45, 2.75) is 51.2 Å². The number of fused-ring (bicyclic) bond motifs is 1. The Hall–Kier alpha value is -2.09. The second kappa shape index (κ2) is 8.21. The monoisotopic (exact) mass is 468 g/mol. The predicted molar refractivity (Wildman–Crippen MR) is 116 cm³/mol. The Morgan fingerprint density at radius 2 is 1.70 bits per heavy atom. The Bertz CT molecular complexity index is 1130. The summed E-state index contributed by atoms with van der Waals surface area (Å²) >= 11 is 12.0. The lowest BCUT2D eigenvalue weighted by Crippen LogP contribution is -2.36. The number of nitrogens with zero attached hydrogens (tertiary/aromatic N) is 2. The van der Waals surface area contributed by atoms with E-state index in [0.29, 0.717) is 10.0 Å². The molecule has 2 aromatic rings. The molecule has 0 fully saturated rings. The fraction of sp³-hybridized carbons (Fsp3) is 0.333. The zero-order valence-electron chi connectivity index (χ0n) is 17.0. The summed E-state index contributed by atoms with van der Waals surface area (Å²) < 4.78 is 26.5. The Balaban J connectivity index is 1.97. The van der Waals surface area contributed by atoms with E-state index in [9.17, 15) is 18.0 Å². The molecule has 0 radical (unpaired) electrons. The maximum absolute atomic E-state index is 13.2. The molecule has 6 nitrogen and oxygen atoms in total. The average Bonchev–Trinajstić information content (AvgIpc) is 2.87. The first-order valence-corrected chi connectivity index (χ1v) is 11.6. The summed E-state index contributed by atoms with van der Waals surface area (Å²) in [6.07, 6.45) is 0. The van der Waals surface area contributed by atoms with Gasteiger partial charge in [0.05, 0.1) is 15.6 Å². The van der Waals surface area contributed by atoms with Gasteiger partial charge < -0.3 is 4.90 Å². The summed E-state index contributed by atoms with van der Waals surface area (Å²) in [6, 6.07) is 8.64. The molecule has 0 unspecified atom stereocenters. The van der Waals surface area contributed by atoms with Crippen molar-refractivity contribution in [3.63, 3.8) is 0 Å². The molecule has 1 aliphatic rings. The summed E-state index contributed by atoms with van der Waals surface area (Å²) in [5.74, 6) is -0.917. The van der Waals surface area contributed by atoms with Gasteiger partial charge in [0.2, 0.25) is 0 Å². The number of hydrogen-bond donors (Lipinski definition) is 0. The third-order valence-corrected chi connectivity index (χ3v) is 7.62. The van der Waals surface area contributed by atoms with E-state index in [-0.39, 0.29) is 34.5 Å². The van der Waals surface area contributed by atoms with Crippen LogP contribution in [-0.4, -0.2) is 41.5 Å². The van der Waals surface area contributed by atoms with Crippen LogP contribution in [0.1, 0.15) is 54.0 Å². The van der Waals surface area contributed by atoms with E-state index >= 15 is 0 Å². The summed E-state index contributed by atoms with van der Waals surface area (Å²) in [6.45, 7) is 7.26. The minimum absolute atomic E-state index is 0.0841. The zero-order valence-corrected chi connectivity index (χ0v) is 19.3.